The zero-order valence-corrected chi connectivity index (χ0v) is 19.9. The van der Waals surface area contributed by atoms with Crippen LogP contribution in [0.4, 0.5) is 0 Å². The predicted octanol–water partition coefficient (Wildman–Crippen LogP) is 7.89. The Hall–Kier alpha value is -4.41. The van der Waals surface area contributed by atoms with Gasteiger partial charge in [-0.3, -0.25) is 0 Å². The fraction of sp³-hybridized carbons (Fsp3) is 0.0323. The zero-order valence-electron chi connectivity index (χ0n) is 19.2. The van der Waals surface area contributed by atoms with Crippen molar-refractivity contribution in [1.29, 1.82) is 0 Å². The van der Waals surface area contributed by atoms with Gasteiger partial charge in [0.15, 0.2) is 11.7 Å². The van der Waals surface area contributed by atoms with Crippen LogP contribution in [0.5, 0.6) is 0 Å². The standard InChI is InChI=1S/C31H20ClN3O/c32-25-17-9-16-23-26-22-15-8-7-14-21(22)18-24(28(26)36-27(23)25)31-34-29(19-10-3-1-4-11-19)33-30(35-31)20-12-5-2-6-13-20/h1-18,31H,(H,33,34,35). The van der Waals surface area contributed by atoms with E-state index >= 15 is 0 Å². The largest absolute Gasteiger partial charge is 0.454 e. The van der Waals surface area contributed by atoms with Crippen LogP contribution in [0.25, 0.3) is 32.7 Å². The number of aliphatic imine (C=N–C) groups is 2. The zero-order chi connectivity index (χ0) is 24.1. The van der Waals surface area contributed by atoms with E-state index in [1.165, 1.54) is 0 Å². The number of furan rings is 1. The van der Waals surface area contributed by atoms with Crippen LogP contribution in [0.1, 0.15) is 22.9 Å². The first-order valence-electron chi connectivity index (χ1n) is 11.8. The summed E-state index contributed by atoms with van der Waals surface area (Å²) in [5.41, 5.74) is 4.33. The van der Waals surface area contributed by atoms with Gasteiger partial charge in [-0.15, -0.1) is 0 Å². The molecule has 4 nitrogen and oxygen atoms in total. The normalized spacial score (nSPS) is 14.1. The van der Waals surface area contributed by atoms with Crippen molar-refractivity contribution in [3.05, 3.63) is 131 Å². The third kappa shape index (κ3) is 3.38. The minimum atomic E-state index is -0.497. The molecule has 0 atom stereocenters. The van der Waals surface area contributed by atoms with E-state index in [-0.39, 0.29) is 0 Å². The summed E-state index contributed by atoms with van der Waals surface area (Å²) in [6.45, 7) is 0. The first-order valence-corrected chi connectivity index (χ1v) is 12.2. The SMILES string of the molecule is Clc1cccc2c1oc1c(C3N=C(c4ccccc4)NC(c4ccccc4)=N3)cc3ccccc3c12. The average Bonchev–Trinajstić information content (AvgIpc) is 3.35. The molecule has 5 aromatic carbocycles. The van der Waals surface area contributed by atoms with Crippen LogP contribution in [0.3, 0.4) is 0 Å². The number of para-hydroxylation sites is 1. The number of benzene rings is 5. The van der Waals surface area contributed by atoms with Crippen LogP contribution in [-0.4, -0.2) is 11.7 Å². The van der Waals surface area contributed by atoms with Gasteiger partial charge in [0.2, 0.25) is 0 Å². The van der Waals surface area contributed by atoms with E-state index in [0.29, 0.717) is 10.6 Å². The van der Waals surface area contributed by atoms with Gasteiger partial charge in [-0.25, -0.2) is 9.98 Å². The van der Waals surface area contributed by atoms with E-state index in [2.05, 4.69) is 29.6 Å². The van der Waals surface area contributed by atoms with Gasteiger partial charge in [0, 0.05) is 27.5 Å². The minimum Gasteiger partial charge on any atom is -0.454 e. The van der Waals surface area contributed by atoms with Gasteiger partial charge >= 0.3 is 0 Å². The molecule has 1 aliphatic rings. The Bertz CT molecular complexity index is 1770. The van der Waals surface area contributed by atoms with Gasteiger partial charge in [0.1, 0.15) is 17.3 Å². The number of nitrogens with one attached hydrogen (secondary N) is 1. The highest BCUT2D eigenvalue weighted by Crippen LogP contribution is 2.42. The monoisotopic (exact) mass is 485 g/mol. The molecule has 172 valence electrons. The summed E-state index contributed by atoms with van der Waals surface area (Å²) in [7, 11) is 0. The van der Waals surface area contributed by atoms with Crippen LogP contribution in [0, 0.1) is 0 Å². The van der Waals surface area contributed by atoms with Gasteiger partial charge in [-0.05, 0) is 22.9 Å². The number of amidine groups is 2. The molecule has 1 aliphatic heterocycles. The summed E-state index contributed by atoms with van der Waals surface area (Å²) in [4.78, 5) is 10.1. The molecular weight excluding hydrogens is 466 g/mol. The van der Waals surface area contributed by atoms with E-state index < -0.39 is 6.17 Å². The smallest absolute Gasteiger partial charge is 0.173 e. The Morgan fingerprint density at radius 1 is 0.639 bits per heavy atom. The highest BCUT2D eigenvalue weighted by Gasteiger charge is 2.25. The molecule has 1 N–H and O–H groups in total. The van der Waals surface area contributed by atoms with Crippen LogP contribution >= 0.6 is 11.6 Å². The summed E-state index contributed by atoms with van der Waals surface area (Å²) in [5, 5.41) is 8.29. The van der Waals surface area contributed by atoms with Crippen molar-refractivity contribution < 1.29 is 4.42 Å². The maximum atomic E-state index is 6.57. The van der Waals surface area contributed by atoms with Crippen molar-refractivity contribution in [2.24, 2.45) is 9.98 Å². The lowest BCUT2D eigenvalue weighted by atomic mass is 9.98. The van der Waals surface area contributed by atoms with E-state index in [9.17, 15) is 0 Å². The van der Waals surface area contributed by atoms with Gasteiger partial charge in [0.25, 0.3) is 0 Å². The minimum absolute atomic E-state index is 0.497. The fourth-order valence-electron chi connectivity index (χ4n) is 4.91. The third-order valence-corrected chi connectivity index (χ3v) is 6.88. The molecule has 36 heavy (non-hydrogen) atoms. The highest BCUT2D eigenvalue weighted by molar-refractivity contribution is 6.36. The van der Waals surface area contributed by atoms with Crippen LogP contribution in [-0.2, 0) is 0 Å². The Kier molecular flexibility index (Phi) is 4.86. The second-order valence-corrected chi connectivity index (χ2v) is 9.20. The Morgan fingerprint density at radius 2 is 1.25 bits per heavy atom. The molecule has 0 saturated carbocycles. The highest BCUT2D eigenvalue weighted by atomic mass is 35.5. The van der Waals surface area contributed by atoms with Crippen LogP contribution in [0.2, 0.25) is 5.02 Å². The van der Waals surface area contributed by atoms with Crippen molar-refractivity contribution in [2.75, 3.05) is 0 Å². The molecule has 1 aromatic heterocycles. The molecule has 0 aliphatic carbocycles. The molecule has 5 heteroatoms. The van der Waals surface area contributed by atoms with E-state index in [1.807, 2.05) is 84.9 Å². The Labute approximate surface area is 212 Å². The van der Waals surface area contributed by atoms with Gasteiger partial charge in [-0.2, -0.15) is 0 Å². The molecule has 0 radical (unpaired) electrons. The maximum absolute atomic E-state index is 6.57. The van der Waals surface area contributed by atoms with Crippen molar-refractivity contribution in [1.82, 2.24) is 5.32 Å². The molecule has 6 aromatic rings. The summed E-state index contributed by atoms with van der Waals surface area (Å²) >= 11 is 6.57. The van der Waals surface area contributed by atoms with E-state index in [0.717, 1.165) is 55.5 Å². The summed E-state index contributed by atoms with van der Waals surface area (Å²) < 4.78 is 6.47. The molecule has 0 unspecified atom stereocenters. The molecule has 0 amide bonds. The first kappa shape index (κ1) is 20.9. The first-order chi connectivity index (χ1) is 17.8. The second-order valence-electron chi connectivity index (χ2n) is 8.80. The Morgan fingerprint density at radius 3 is 1.94 bits per heavy atom. The second kappa shape index (κ2) is 8.36. The van der Waals surface area contributed by atoms with E-state index in [1.54, 1.807) is 0 Å². The molecule has 2 heterocycles. The summed E-state index contributed by atoms with van der Waals surface area (Å²) in [6, 6.07) is 36.6. The van der Waals surface area contributed by atoms with Crippen molar-refractivity contribution >= 4 is 56.0 Å². The van der Waals surface area contributed by atoms with Crippen LogP contribution in [0.15, 0.2) is 124 Å². The van der Waals surface area contributed by atoms with Crippen LogP contribution < -0.4 is 5.32 Å². The molecule has 0 fully saturated rings. The molecule has 0 spiro atoms. The summed E-state index contributed by atoms with van der Waals surface area (Å²) in [5.74, 6) is 1.54. The maximum Gasteiger partial charge on any atom is 0.173 e. The third-order valence-electron chi connectivity index (χ3n) is 6.58. The average molecular weight is 486 g/mol. The fourth-order valence-corrected chi connectivity index (χ4v) is 5.12. The molecular formula is C31H20ClN3O. The molecule has 0 saturated heterocycles. The molecule has 7 rings (SSSR count). The van der Waals surface area contributed by atoms with Crippen molar-refractivity contribution in [2.45, 2.75) is 6.17 Å². The van der Waals surface area contributed by atoms with Crippen molar-refractivity contribution in [3.8, 4) is 0 Å². The van der Waals surface area contributed by atoms with Gasteiger partial charge < -0.3 is 9.73 Å². The lowest BCUT2D eigenvalue weighted by molar-refractivity contribution is 0.649. The number of fused-ring (bicyclic) bond motifs is 5. The predicted molar refractivity (Wildman–Crippen MR) is 148 cm³/mol. The number of halogens is 1. The molecule has 0 bridgehead atoms. The topological polar surface area (TPSA) is 49.9 Å². The number of hydrogen-bond acceptors (Lipinski definition) is 4. The quantitative estimate of drug-likeness (QED) is 0.277. The van der Waals surface area contributed by atoms with Crippen molar-refractivity contribution in [3.63, 3.8) is 0 Å². The number of nitrogens with zero attached hydrogens (tertiary/aromatic N) is 2. The van der Waals surface area contributed by atoms with Gasteiger partial charge in [-0.1, -0.05) is 109 Å². The lowest BCUT2D eigenvalue weighted by Crippen LogP contribution is -2.36. The number of rotatable bonds is 3. The lowest BCUT2D eigenvalue weighted by Gasteiger charge is -2.22. The number of hydrogen-bond donors (Lipinski definition) is 1. The summed E-state index contributed by atoms with van der Waals surface area (Å²) in [6.07, 6.45) is -0.497. The Balaban J connectivity index is 1.53. The van der Waals surface area contributed by atoms with E-state index in [4.69, 9.17) is 26.0 Å². The van der Waals surface area contributed by atoms with Gasteiger partial charge in [0.05, 0.1) is 5.02 Å².